The number of hydrogen-bond acceptors (Lipinski definition) is 3. The fraction of sp³-hybridized carbons (Fsp3) is 0.923. The van der Waals surface area contributed by atoms with Gasteiger partial charge in [0.15, 0.2) is 0 Å². The van der Waals surface area contributed by atoms with Gasteiger partial charge >= 0.3 is 0 Å². The molecule has 0 spiro atoms. The van der Waals surface area contributed by atoms with Gasteiger partial charge in [0, 0.05) is 25.7 Å². The van der Waals surface area contributed by atoms with Crippen LogP contribution in [0.2, 0.25) is 0 Å². The van der Waals surface area contributed by atoms with Crippen LogP contribution in [0.5, 0.6) is 0 Å². The summed E-state index contributed by atoms with van der Waals surface area (Å²) < 4.78 is 5.19. The van der Waals surface area contributed by atoms with Gasteiger partial charge < -0.3 is 15.4 Å². The molecule has 1 saturated carbocycles. The number of rotatable bonds is 6. The maximum atomic E-state index is 12.3. The average molecular weight is 242 g/mol. The molecule has 4 heteroatoms. The van der Waals surface area contributed by atoms with Gasteiger partial charge in [-0.25, -0.2) is 0 Å². The first kappa shape index (κ1) is 14.5. The van der Waals surface area contributed by atoms with E-state index in [0.717, 1.165) is 12.8 Å². The van der Waals surface area contributed by atoms with Crippen molar-refractivity contribution in [2.45, 2.75) is 64.1 Å². The van der Waals surface area contributed by atoms with E-state index in [2.05, 4.69) is 13.8 Å². The molecule has 0 aromatic rings. The van der Waals surface area contributed by atoms with Crippen molar-refractivity contribution in [1.29, 1.82) is 0 Å². The Morgan fingerprint density at radius 3 is 2.41 bits per heavy atom. The molecule has 1 aliphatic carbocycles. The second-order valence-corrected chi connectivity index (χ2v) is 5.13. The highest BCUT2D eigenvalue weighted by molar-refractivity contribution is 5.77. The van der Waals surface area contributed by atoms with E-state index in [4.69, 9.17) is 10.5 Å². The van der Waals surface area contributed by atoms with Crippen molar-refractivity contribution in [1.82, 2.24) is 4.90 Å². The zero-order chi connectivity index (χ0) is 12.8. The number of carbonyl (C=O) groups excluding carboxylic acids is 1. The third kappa shape index (κ3) is 3.96. The van der Waals surface area contributed by atoms with E-state index in [0.29, 0.717) is 19.0 Å². The number of methoxy groups -OCH3 is 1. The largest absolute Gasteiger partial charge is 0.380 e. The first-order valence-corrected chi connectivity index (χ1v) is 6.64. The van der Waals surface area contributed by atoms with Gasteiger partial charge in [-0.2, -0.15) is 0 Å². The van der Waals surface area contributed by atoms with Gasteiger partial charge in [0.05, 0.1) is 12.5 Å². The molecule has 1 amide bonds. The van der Waals surface area contributed by atoms with Crippen molar-refractivity contribution in [3.63, 3.8) is 0 Å². The molecule has 2 N–H and O–H groups in total. The number of ether oxygens (including phenoxy) is 1. The molecule has 100 valence electrons. The lowest BCUT2D eigenvalue weighted by Gasteiger charge is -2.33. The van der Waals surface area contributed by atoms with Crippen LogP contribution in [0.3, 0.4) is 0 Å². The van der Waals surface area contributed by atoms with Crippen LogP contribution in [0, 0.1) is 0 Å². The van der Waals surface area contributed by atoms with Gasteiger partial charge in [0.1, 0.15) is 0 Å². The summed E-state index contributed by atoms with van der Waals surface area (Å²) in [4.78, 5) is 14.3. The fourth-order valence-corrected chi connectivity index (χ4v) is 2.66. The molecule has 1 rings (SSSR count). The standard InChI is InChI=1S/C13H26N2O2/c1-10(2)15(11-6-4-5-7-11)13(16)8-12(9-14)17-3/h10-12H,4-9,14H2,1-3H3. The summed E-state index contributed by atoms with van der Waals surface area (Å²) >= 11 is 0. The van der Waals surface area contributed by atoms with Crippen molar-refractivity contribution in [2.24, 2.45) is 5.73 Å². The van der Waals surface area contributed by atoms with Crippen molar-refractivity contribution in [3.05, 3.63) is 0 Å². The highest BCUT2D eigenvalue weighted by Gasteiger charge is 2.29. The van der Waals surface area contributed by atoms with Crippen LogP contribution in [0.25, 0.3) is 0 Å². The zero-order valence-electron chi connectivity index (χ0n) is 11.3. The Balaban J connectivity index is 2.60. The molecule has 0 saturated heterocycles. The van der Waals surface area contributed by atoms with Gasteiger partial charge in [-0.1, -0.05) is 12.8 Å². The Kier molecular flexibility index (Phi) is 5.92. The predicted octanol–water partition coefficient (Wildman–Crippen LogP) is 1.53. The lowest BCUT2D eigenvalue weighted by atomic mass is 10.1. The molecule has 17 heavy (non-hydrogen) atoms. The summed E-state index contributed by atoms with van der Waals surface area (Å²) in [5, 5.41) is 0. The number of nitrogens with zero attached hydrogens (tertiary/aromatic N) is 1. The highest BCUT2D eigenvalue weighted by Crippen LogP contribution is 2.26. The molecule has 1 atom stereocenters. The Hall–Kier alpha value is -0.610. The summed E-state index contributed by atoms with van der Waals surface area (Å²) in [7, 11) is 1.61. The van der Waals surface area contributed by atoms with E-state index in [1.165, 1.54) is 12.8 Å². The third-order valence-corrected chi connectivity index (χ3v) is 3.56. The molecule has 0 aromatic heterocycles. The summed E-state index contributed by atoms with van der Waals surface area (Å²) in [6.07, 6.45) is 5.03. The summed E-state index contributed by atoms with van der Waals surface area (Å²) in [6, 6.07) is 0.693. The summed E-state index contributed by atoms with van der Waals surface area (Å²) in [5.74, 6) is 0.184. The second kappa shape index (κ2) is 6.97. The van der Waals surface area contributed by atoms with E-state index in [-0.39, 0.29) is 18.1 Å². The van der Waals surface area contributed by atoms with Crippen LogP contribution in [-0.2, 0) is 9.53 Å². The van der Waals surface area contributed by atoms with Gasteiger partial charge in [-0.05, 0) is 26.7 Å². The number of amides is 1. The number of nitrogens with two attached hydrogens (primary N) is 1. The molecule has 0 aliphatic heterocycles. The van der Waals surface area contributed by atoms with E-state index in [1.807, 2.05) is 4.90 Å². The number of hydrogen-bond donors (Lipinski definition) is 1. The van der Waals surface area contributed by atoms with E-state index in [9.17, 15) is 4.79 Å². The minimum absolute atomic E-state index is 0.148. The van der Waals surface area contributed by atoms with E-state index < -0.39 is 0 Å². The van der Waals surface area contributed by atoms with Gasteiger partial charge in [-0.3, -0.25) is 4.79 Å². The van der Waals surface area contributed by atoms with Gasteiger partial charge in [-0.15, -0.1) is 0 Å². The topological polar surface area (TPSA) is 55.6 Å². The molecule has 0 radical (unpaired) electrons. The highest BCUT2D eigenvalue weighted by atomic mass is 16.5. The quantitative estimate of drug-likeness (QED) is 0.768. The zero-order valence-corrected chi connectivity index (χ0v) is 11.3. The smallest absolute Gasteiger partial charge is 0.225 e. The van der Waals surface area contributed by atoms with Crippen LogP contribution in [0.1, 0.15) is 46.0 Å². The maximum Gasteiger partial charge on any atom is 0.225 e. The van der Waals surface area contributed by atoms with Gasteiger partial charge in [0.25, 0.3) is 0 Å². The lowest BCUT2D eigenvalue weighted by Crippen LogP contribution is -2.45. The Labute approximate surface area is 104 Å². The van der Waals surface area contributed by atoms with Crippen LogP contribution >= 0.6 is 0 Å². The molecular formula is C13H26N2O2. The molecule has 4 nitrogen and oxygen atoms in total. The average Bonchev–Trinajstić information content (AvgIpc) is 2.79. The van der Waals surface area contributed by atoms with Crippen LogP contribution in [0.15, 0.2) is 0 Å². The monoisotopic (exact) mass is 242 g/mol. The van der Waals surface area contributed by atoms with E-state index in [1.54, 1.807) is 7.11 Å². The molecular weight excluding hydrogens is 216 g/mol. The van der Waals surface area contributed by atoms with Crippen LogP contribution in [-0.4, -0.2) is 42.6 Å². The van der Waals surface area contributed by atoms with Gasteiger partial charge in [0.2, 0.25) is 5.91 Å². The Morgan fingerprint density at radius 2 is 2.00 bits per heavy atom. The number of carbonyl (C=O) groups is 1. The summed E-state index contributed by atoms with van der Waals surface area (Å²) in [5.41, 5.74) is 5.57. The van der Waals surface area contributed by atoms with Crippen molar-refractivity contribution >= 4 is 5.91 Å². The molecule has 0 aromatic carbocycles. The molecule has 1 fully saturated rings. The Bertz CT molecular complexity index is 234. The van der Waals surface area contributed by atoms with Crippen LogP contribution < -0.4 is 5.73 Å². The Morgan fingerprint density at radius 1 is 1.41 bits per heavy atom. The fourth-order valence-electron chi connectivity index (χ4n) is 2.66. The van der Waals surface area contributed by atoms with E-state index >= 15 is 0 Å². The normalized spacial score (nSPS) is 18.6. The van der Waals surface area contributed by atoms with Crippen LogP contribution in [0.4, 0.5) is 0 Å². The molecule has 1 aliphatic rings. The van der Waals surface area contributed by atoms with Crippen molar-refractivity contribution in [2.75, 3.05) is 13.7 Å². The lowest BCUT2D eigenvalue weighted by molar-refractivity contribution is -0.137. The molecule has 0 bridgehead atoms. The maximum absolute atomic E-state index is 12.3. The third-order valence-electron chi connectivity index (χ3n) is 3.56. The SMILES string of the molecule is COC(CN)CC(=O)N(C(C)C)C1CCCC1. The molecule has 1 unspecified atom stereocenters. The minimum atomic E-state index is -0.148. The summed E-state index contributed by atoms with van der Waals surface area (Å²) in [6.45, 7) is 4.57. The van der Waals surface area contributed by atoms with Crippen molar-refractivity contribution < 1.29 is 9.53 Å². The first-order valence-electron chi connectivity index (χ1n) is 6.64. The first-order chi connectivity index (χ1) is 8.10. The predicted molar refractivity (Wildman–Crippen MR) is 68.7 cm³/mol. The van der Waals surface area contributed by atoms with Crippen molar-refractivity contribution in [3.8, 4) is 0 Å². The molecule has 0 heterocycles. The minimum Gasteiger partial charge on any atom is -0.380 e. The second-order valence-electron chi connectivity index (χ2n) is 5.13.